The van der Waals surface area contributed by atoms with Crippen LogP contribution in [0.1, 0.15) is 0 Å². The topological polar surface area (TPSA) is 131 Å². The van der Waals surface area contributed by atoms with Gasteiger partial charge in [-0.25, -0.2) is 0 Å². The largest absolute Gasteiger partial charge is 0.508 e. The minimum absolute atomic E-state index is 0.0714. The van der Waals surface area contributed by atoms with Crippen molar-refractivity contribution >= 4 is 11.0 Å². The van der Waals surface area contributed by atoms with Crippen molar-refractivity contribution in [3.8, 4) is 40.1 Å². The minimum Gasteiger partial charge on any atom is -0.508 e. The second-order valence-electron chi connectivity index (χ2n) is 4.63. The molecule has 0 aliphatic carbocycles. The van der Waals surface area contributed by atoms with E-state index < -0.39 is 28.4 Å². The van der Waals surface area contributed by atoms with E-state index in [-0.39, 0.29) is 28.0 Å². The molecule has 0 bridgehead atoms. The molecule has 1 heterocycles. The Balaban J connectivity index is 2.38. The Hall–Kier alpha value is -3.35. The SMILES string of the molecule is [O]c1cc(-c2oc3cc(O)cc(O)c3c(=O)c2O)ccc1O. The fourth-order valence-corrected chi connectivity index (χ4v) is 2.13. The Labute approximate surface area is 122 Å². The molecule has 7 nitrogen and oxygen atoms in total. The summed E-state index contributed by atoms with van der Waals surface area (Å²) in [6, 6.07) is 5.40. The van der Waals surface area contributed by atoms with Crippen molar-refractivity contribution in [2.24, 2.45) is 0 Å². The first-order valence-corrected chi connectivity index (χ1v) is 6.10. The molecule has 7 heteroatoms. The van der Waals surface area contributed by atoms with Crippen molar-refractivity contribution in [1.82, 2.24) is 0 Å². The van der Waals surface area contributed by atoms with Gasteiger partial charge >= 0.3 is 0 Å². The molecule has 1 aromatic heterocycles. The highest BCUT2D eigenvalue weighted by Crippen LogP contribution is 2.37. The molecule has 22 heavy (non-hydrogen) atoms. The van der Waals surface area contributed by atoms with Gasteiger partial charge in [-0.1, -0.05) is 0 Å². The predicted molar refractivity (Wildman–Crippen MR) is 74.7 cm³/mol. The van der Waals surface area contributed by atoms with Gasteiger partial charge in [0.25, 0.3) is 0 Å². The highest BCUT2D eigenvalue weighted by Gasteiger charge is 2.19. The van der Waals surface area contributed by atoms with E-state index in [1.54, 1.807) is 0 Å². The Morgan fingerprint density at radius 1 is 0.909 bits per heavy atom. The molecule has 3 aromatic rings. The number of hydrogen-bond acceptors (Lipinski definition) is 6. The van der Waals surface area contributed by atoms with Gasteiger partial charge in [-0.05, 0) is 12.1 Å². The van der Waals surface area contributed by atoms with Crippen molar-refractivity contribution in [2.75, 3.05) is 0 Å². The molecule has 0 spiro atoms. The van der Waals surface area contributed by atoms with Gasteiger partial charge in [0, 0.05) is 23.8 Å². The molecule has 0 amide bonds. The maximum absolute atomic E-state index is 12.1. The van der Waals surface area contributed by atoms with Crippen molar-refractivity contribution in [3.05, 3.63) is 40.6 Å². The summed E-state index contributed by atoms with van der Waals surface area (Å²) in [7, 11) is 0. The van der Waals surface area contributed by atoms with E-state index in [1.165, 1.54) is 6.07 Å². The first-order valence-electron chi connectivity index (χ1n) is 6.10. The van der Waals surface area contributed by atoms with Crippen LogP contribution in [0.4, 0.5) is 0 Å². The number of phenols is 3. The number of hydrogen-bond donors (Lipinski definition) is 4. The molecule has 3 rings (SSSR count). The molecule has 0 saturated heterocycles. The van der Waals surface area contributed by atoms with E-state index >= 15 is 0 Å². The van der Waals surface area contributed by atoms with E-state index in [1.807, 2.05) is 0 Å². The summed E-state index contributed by atoms with van der Waals surface area (Å²) in [4.78, 5) is 12.1. The van der Waals surface area contributed by atoms with E-state index in [9.17, 15) is 30.3 Å². The first-order chi connectivity index (χ1) is 10.4. The molecular formula is C15H9O7. The zero-order chi connectivity index (χ0) is 16.0. The van der Waals surface area contributed by atoms with Crippen molar-refractivity contribution in [2.45, 2.75) is 0 Å². The summed E-state index contributed by atoms with van der Waals surface area (Å²) in [5.74, 6) is -3.17. The van der Waals surface area contributed by atoms with Gasteiger partial charge in [-0.15, -0.1) is 0 Å². The van der Waals surface area contributed by atoms with Gasteiger partial charge < -0.3 is 24.8 Å². The molecule has 0 aliphatic heterocycles. The molecule has 0 fully saturated rings. The summed E-state index contributed by atoms with van der Waals surface area (Å²) in [6.45, 7) is 0. The van der Waals surface area contributed by atoms with Crippen LogP contribution in [0.5, 0.6) is 28.7 Å². The molecule has 4 N–H and O–H groups in total. The fraction of sp³-hybridized carbons (Fsp3) is 0. The van der Waals surface area contributed by atoms with Gasteiger partial charge in [0.1, 0.15) is 22.5 Å². The van der Waals surface area contributed by atoms with Gasteiger partial charge in [0.2, 0.25) is 16.9 Å². The lowest BCUT2D eigenvalue weighted by molar-refractivity contribution is 0.325. The lowest BCUT2D eigenvalue weighted by Crippen LogP contribution is -2.02. The van der Waals surface area contributed by atoms with Gasteiger partial charge in [0.15, 0.2) is 11.5 Å². The summed E-state index contributed by atoms with van der Waals surface area (Å²) in [5.41, 5.74) is -0.993. The molecule has 2 aromatic carbocycles. The normalized spacial score (nSPS) is 10.9. The Kier molecular flexibility index (Phi) is 2.84. The Morgan fingerprint density at radius 3 is 2.32 bits per heavy atom. The lowest BCUT2D eigenvalue weighted by Gasteiger charge is -2.07. The van der Waals surface area contributed by atoms with Crippen LogP contribution in [-0.2, 0) is 5.11 Å². The lowest BCUT2D eigenvalue weighted by atomic mass is 10.1. The number of fused-ring (bicyclic) bond motifs is 1. The van der Waals surface area contributed by atoms with Gasteiger partial charge in [-0.3, -0.25) is 9.90 Å². The molecule has 0 unspecified atom stereocenters. The van der Waals surface area contributed by atoms with Crippen LogP contribution in [-0.4, -0.2) is 20.4 Å². The van der Waals surface area contributed by atoms with Crippen LogP contribution in [0.2, 0.25) is 0 Å². The Morgan fingerprint density at radius 2 is 1.64 bits per heavy atom. The maximum Gasteiger partial charge on any atom is 0.238 e. The second kappa shape index (κ2) is 4.59. The number of aromatic hydroxyl groups is 4. The summed E-state index contributed by atoms with van der Waals surface area (Å²) < 4.78 is 5.33. The van der Waals surface area contributed by atoms with E-state index in [0.717, 1.165) is 24.3 Å². The fourth-order valence-electron chi connectivity index (χ4n) is 2.13. The number of benzene rings is 2. The minimum atomic E-state index is -0.908. The van der Waals surface area contributed by atoms with E-state index in [0.29, 0.717) is 0 Å². The van der Waals surface area contributed by atoms with Crippen molar-refractivity contribution in [1.29, 1.82) is 0 Å². The third-order valence-electron chi connectivity index (χ3n) is 3.16. The summed E-state index contributed by atoms with van der Waals surface area (Å²) in [6.07, 6.45) is 0. The molecular weight excluding hydrogens is 292 g/mol. The van der Waals surface area contributed by atoms with Gasteiger partial charge in [-0.2, -0.15) is 0 Å². The van der Waals surface area contributed by atoms with E-state index in [2.05, 4.69) is 0 Å². The monoisotopic (exact) mass is 301 g/mol. The molecule has 0 saturated carbocycles. The third kappa shape index (κ3) is 1.96. The standard InChI is InChI=1S/C15H9O7/c16-7-4-10(19)12-11(5-7)22-15(14(21)13(12)20)6-1-2-8(17)9(18)3-6/h1-5,16-17,19,21H. The Bertz CT molecular complexity index is 956. The zero-order valence-corrected chi connectivity index (χ0v) is 10.9. The van der Waals surface area contributed by atoms with Crippen LogP contribution in [0.25, 0.3) is 22.3 Å². The first kappa shape index (κ1) is 13.6. The number of rotatable bonds is 1. The quantitative estimate of drug-likeness (QED) is 0.546. The second-order valence-corrected chi connectivity index (χ2v) is 4.63. The highest BCUT2D eigenvalue weighted by atomic mass is 16.4. The third-order valence-corrected chi connectivity index (χ3v) is 3.16. The van der Waals surface area contributed by atoms with Crippen LogP contribution < -0.4 is 5.43 Å². The van der Waals surface area contributed by atoms with Crippen LogP contribution in [0, 0.1) is 0 Å². The van der Waals surface area contributed by atoms with Gasteiger partial charge in [0.05, 0.1) is 0 Å². The van der Waals surface area contributed by atoms with Crippen LogP contribution in [0.15, 0.2) is 39.5 Å². The molecule has 0 aliphatic rings. The van der Waals surface area contributed by atoms with Crippen molar-refractivity contribution in [3.63, 3.8) is 0 Å². The van der Waals surface area contributed by atoms with Crippen molar-refractivity contribution < 1.29 is 29.9 Å². The summed E-state index contributed by atoms with van der Waals surface area (Å²) in [5, 5.41) is 49.5. The average Bonchev–Trinajstić information content (AvgIpc) is 2.45. The summed E-state index contributed by atoms with van der Waals surface area (Å²) >= 11 is 0. The average molecular weight is 301 g/mol. The van der Waals surface area contributed by atoms with Crippen LogP contribution in [0.3, 0.4) is 0 Å². The molecule has 0 atom stereocenters. The highest BCUT2D eigenvalue weighted by molar-refractivity contribution is 5.88. The van der Waals surface area contributed by atoms with Crippen LogP contribution >= 0.6 is 0 Å². The smallest absolute Gasteiger partial charge is 0.238 e. The number of phenolic OH excluding ortho intramolecular Hbond substituents is 3. The zero-order valence-electron chi connectivity index (χ0n) is 10.9. The molecule has 111 valence electrons. The molecule has 1 radical (unpaired) electrons. The maximum atomic E-state index is 12.1. The van der Waals surface area contributed by atoms with E-state index in [4.69, 9.17) is 4.42 Å². The predicted octanol–water partition coefficient (Wildman–Crippen LogP) is 2.43.